The normalized spacial score (nSPS) is 38.2. The van der Waals surface area contributed by atoms with Gasteiger partial charge in [-0.15, -0.1) is 5.10 Å². The van der Waals surface area contributed by atoms with Gasteiger partial charge in [0, 0.05) is 88.9 Å². The summed E-state index contributed by atoms with van der Waals surface area (Å²) < 4.78 is 62.8. The molecule has 2 aromatic heterocycles. The molecule has 74 heavy (non-hydrogen) atoms. The van der Waals surface area contributed by atoms with Gasteiger partial charge in [-0.1, -0.05) is 38.1 Å². The SMILES string of the molecule is CC[C@H]1OC(=O)[C@H](C)[C@@H](O[C@H]2C[C@@](C)(OC)[C@@H](O)[C@H](C)O2)[C@H](C)[C@@H](O[C@H]2C[C@@H](N(C)CCc3cn([C@H](CF)[C@H](OC)c4ccc(-n5ccnc5)cc4)nn3)C[C@@H](C)O2)[C@](C)(O)C[C@@H](C)CN(C)[C@H](C)[C@@H](O)[C@]1(C)O. The first kappa shape index (κ1) is 59.7. The van der Waals surface area contributed by atoms with Crippen LogP contribution in [0.2, 0.25) is 0 Å². The van der Waals surface area contributed by atoms with Crippen LogP contribution in [-0.2, 0) is 44.4 Å². The van der Waals surface area contributed by atoms with E-state index in [1.165, 1.54) is 14.0 Å². The lowest BCUT2D eigenvalue weighted by molar-refractivity contribution is -0.308. The van der Waals surface area contributed by atoms with Gasteiger partial charge in [0.1, 0.15) is 42.7 Å². The summed E-state index contributed by atoms with van der Waals surface area (Å²) in [5.74, 6) is -2.56. The number of alkyl halides is 1. The molecule has 0 bridgehead atoms. The van der Waals surface area contributed by atoms with Crippen molar-refractivity contribution in [1.82, 2.24) is 34.3 Å². The standard InChI is InChI=1S/C54H88FN7O12/c1-15-43-54(10,67)48(63)36(6)60(12)29-32(2)26-52(8,66)50(34(4)46(35(5)51(65)72-43)73-45-27-53(9,69-14)49(64)37(7)71-45)74-44-25-41(24-33(3)70-44)59(11)22-20-39-30-62(58-57-39)42(28-55)47(68-13)38-16-18-40(19-17-38)61-23-21-56-31-61/h16-19,21,23,30-37,41-50,63-64,66-67H,15,20,22,24-29H2,1-14H3/t32-,33-,34+,35-,36-,37+,41+,42-,43-,44+,45+,46+,47-,48-,49+,50-,52-,53-,54-/m1/s1. The summed E-state index contributed by atoms with van der Waals surface area (Å²) in [5, 5.41) is 56.3. The molecular formula is C54H88FN7O12. The van der Waals surface area contributed by atoms with Gasteiger partial charge in [-0.25, -0.2) is 14.1 Å². The van der Waals surface area contributed by atoms with E-state index in [0.717, 1.165) is 11.3 Å². The minimum absolute atomic E-state index is 0.0152. The van der Waals surface area contributed by atoms with Crippen LogP contribution in [0.3, 0.4) is 0 Å². The van der Waals surface area contributed by atoms with Gasteiger partial charge in [-0.3, -0.25) is 4.79 Å². The minimum atomic E-state index is -1.82. The van der Waals surface area contributed by atoms with Crippen LogP contribution in [0, 0.1) is 17.8 Å². The molecule has 6 rings (SSSR count). The Balaban J connectivity index is 1.23. The van der Waals surface area contributed by atoms with E-state index in [2.05, 4.69) is 20.2 Å². The molecule has 3 aliphatic rings. The van der Waals surface area contributed by atoms with Crippen molar-refractivity contribution in [3.8, 4) is 5.69 Å². The molecular weight excluding hydrogens is 958 g/mol. The van der Waals surface area contributed by atoms with E-state index in [4.69, 9.17) is 33.2 Å². The van der Waals surface area contributed by atoms with Crippen molar-refractivity contribution in [3.63, 3.8) is 0 Å². The van der Waals surface area contributed by atoms with Crippen molar-refractivity contribution < 1.29 is 62.8 Å². The highest BCUT2D eigenvalue weighted by atomic mass is 19.1. The van der Waals surface area contributed by atoms with Crippen molar-refractivity contribution >= 4 is 5.97 Å². The summed E-state index contributed by atoms with van der Waals surface area (Å²) in [5.41, 5.74) is -1.98. The summed E-state index contributed by atoms with van der Waals surface area (Å²) >= 11 is 0. The Kier molecular flexibility index (Phi) is 20.4. The molecule has 3 aromatic rings. The van der Waals surface area contributed by atoms with Crippen LogP contribution in [-0.4, -0.2) is 193 Å². The van der Waals surface area contributed by atoms with Crippen molar-refractivity contribution in [1.29, 1.82) is 0 Å². The van der Waals surface area contributed by atoms with Crippen molar-refractivity contribution in [2.45, 2.75) is 204 Å². The van der Waals surface area contributed by atoms with Crippen LogP contribution in [0.5, 0.6) is 0 Å². The largest absolute Gasteiger partial charge is 0.459 e. The van der Waals surface area contributed by atoms with Crippen LogP contribution in [0.25, 0.3) is 5.69 Å². The molecule has 0 aliphatic carbocycles. The number of benzene rings is 1. The molecule has 0 amide bonds. The smallest absolute Gasteiger partial charge is 0.311 e. The van der Waals surface area contributed by atoms with E-state index in [9.17, 15) is 29.6 Å². The highest BCUT2D eigenvalue weighted by Gasteiger charge is 2.52. The number of rotatable bonds is 16. The number of nitrogens with zero attached hydrogens (tertiary/aromatic N) is 7. The number of carbonyl (C=O) groups is 1. The summed E-state index contributed by atoms with van der Waals surface area (Å²) in [6.45, 7) is 18.2. The summed E-state index contributed by atoms with van der Waals surface area (Å²) in [6, 6.07) is 6.39. The summed E-state index contributed by atoms with van der Waals surface area (Å²) in [6.07, 6.45) is 0.711. The first-order valence-electron chi connectivity index (χ1n) is 26.5. The predicted molar refractivity (Wildman–Crippen MR) is 274 cm³/mol. The first-order valence-corrected chi connectivity index (χ1v) is 26.5. The number of aliphatic hydroxyl groups is 4. The Morgan fingerprint density at radius 2 is 1.66 bits per heavy atom. The van der Waals surface area contributed by atoms with Gasteiger partial charge in [-0.05, 0) is 105 Å². The Bertz CT molecular complexity index is 2190. The molecule has 19 nitrogen and oxygen atoms in total. The number of aromatic nitrogens is 5. The highest BCUT2D eigenvalue weighted by molar-refractivity contribution is 5.73. The zero-order valence-electron chi connectivity index (χ0n) is 46.3. The fraction of sp³-hybridized carbons (Fsp3) is 0.778. The minimum Gasteiger partial charge on any atom is -0.459 e. The van der Waals surface area contributed by atoms with Gasteiger partial charge < -0.3 is 68.0 Å². The third-order valence-electron chi connectivity index (χ3n) is 16.4. The van der Waals surface area contributed by atoms with Gasteiger partial charge in [0.25, 0.3) is 0 Å². The average molecular weight is 1050 g/mol. The van der Waals surface area contributed by atoms with Crippen LogP contribution >= 0.6 is 0 Å². The zero-order chi connectivity index (χ0) is 54.4. The van der Waals surface area contributed by atoms with Gasteiger partial charge in [0.15, 0.2) is 12.6 Å². The molecule has 0 unspecified atom stereocenters. The van der Waals surface area contributed by atoms with Gasteiger partial charge in [-0.2, -0.15) is 0 Å². The van der Waals surface area contributed by atoms with Gasteiger partial charge >= 0.3 is 5.97 Å². The lowest BCUT2D eigenvalue weighted by atomic mass is 9.77. The second-order valence-corrected chi connectivity index (χ2v) is 22.5. The Morgan fingerprint density at radius 1 is 0.959 bits per heavy atom. The van der Waals surface area contributed by atoms with E-state index in [0.29, 0.717) is 38.0 Å². The molecule has 0 radical (unpaired) electrons. The number of hydrogen-bond acceptors (Lipinski definition) is 17. The van der Waals surface area contributed by atoms with E-state index in [1.807, 2.05) is 81.7 Å². The quantitative estimate of drug-likeness (QED) is 0.135. The number of imidazole rings is 1. The molecule has 3 aliphatic heterocycles. The van der Waals surface area contributed by atoms with Crippen molar-refractivity contribution in [2.75, 3.05) is 48.1 Å². The van der Waals surface area contributed by atoms with Gasteiger partial charge in [0.05, 0.1) is 53.6 Å². The third kappa shape index (κ3) is 13.8. The lowest BCUT2D eigenvalue weighted by Crippen LogP contribution is -2.59. The molecule has 20 heteroatoms. The predicted octanol–water partition coefficient (Wildman–Crippen LogP) is 5.22. The number of halogens is 1. The molecule has 3 fully saturated rings. The maximum Gasteiger partial charge on any atom is 0.311 e. The number of methoxy groups -OCH3 is 2. The maximum absolute atomic E-state index is 14.9. The fourth-order valence-corrected chi connectivity index (χ4v) is 11.7. The second kappa shape index (κ2) is 25.3. The topological polar surface area (TPSA) is 218 Å². The average Bonchev–Trinajstić information content (AvgIpc) is 4.08. The number of hydrogen-bond donors (Lipinski definition) is 4. The summed E-state index contributed by atoms with van der Waals surface area (Å²) in [7, 11) is 6.97. The lowest BCUT2D eigenvalue weighted by Gasteiger charge is -2.48. The van der Waals surface area contributed by atoms with Crippen LogP contribution in [0.4, 0.5) is 4.39 Å². The molecule has 0 spiro atoms. The Labute approximate surface area is 437 Å². The van der Waals surface area contributed by atoms with Crippen LogP contribution in [0.1, 0.15) is 125 Å². The fourth-order valence-electron chi connectivity index (χ4n) is 11.7. The zero-order valence-corrected chi connectivity index (χ0v) is 46.3. The van der Waals surface area contributed by atoms with Crippen LogP contribution < -0.4 is 0 Å². The van der Waals surface area contributed by atoms with Crippen molar-refractivity contribution in [3.05, 3.63) is 60.4 Å². The molecule has 0 saturated carbocycles. The molecule has 4 N–H and O–H groups in total. The van der Waals surface area contributed by atoms with E-state index in [-0.39, 0.29) is 37.3 Å². The second-order valence-electron chi connectivity index (χ2n) is 22.5. The number of aliphatic hydroxyl groups excluding tert-OH is 2. The number of ether oxygens (including phenoxy) is 7. The number of cyclic esters (lactones) is 1. The van der Waals surface area contributed by atoms with E-state index >= 15 is 0 Å². The van der Waals surface area contributed by atoms with Crippen molar-refractivity contribution in [2.24, 2.45) is 17.8 Å². The number of esters is 1. The molecule has 3 saturated heterocycles. The molecule has 19 atom stereocenters. The molecule has 1 aromatic carbocycles. The van der Waals surface area contributed by atoms with E-state index in [1.54, 1.807) is 65.1 Å². The Morgan fingerprint density at radius 3 is 2.28 bits per heavy atom. The Hall–Kier alpha value is -3.51. The molecule has 418 valence electrons. The maximum atomic E-state index is 14.9. The summed E-state index contributed by atoms with van der Waals surface area (Å²) in [4.78, 5) is 22.8. The van der Waals surface area contributed by atoms with Crippen LogP contribution in [0.15, 0.2) is 49.2 Å². The first-order chi connectivity index (χ1) is 34.9. The highest BCUT2D eigenvalue weighted by Crippen LogP contribution is 2.40. The monoisotopic (exact) mass is 1050 g/mol. The molecule has 5 heterocycles. The number of carbonyl (C=O) groups excluding carboxylic acids is 1. The van der Waals surface area contributed by atoms with Gasteiger partial charge in [0.2, 0.25) is 0 Å². The van der Waals surface area contributed by atoms with E-state index < -0.39 is 109 Å². The third-order valence-corrected chi connectivity index (χ3v) is 16.4. The number of likely N-dealkylation sites (N-methyl/N-ethyl adjacent to an activating group) is 2.